The molecule has 0 atom stereocenters. The third-order valence-corrected chi connectivity index (χ3v) is 2.61. The van der Waals surface area contributed by atoms with Crippen molar-refractivity contribution in [2.75, 3.05) is 10.8 Å². The van der Waals surface area contributed by atoms with Gasteiger partial charge in [-0.1, -0.05) is 20.8 Å². The van der Waals surface area contributed by atoms with Crippen molar-refractivity contribution in [2.45, 2.75) is 33.6 Å². The van der Waals surface area contributed by atoms with Crippen LogP contribution in [0.5, 0.6) is 0 Å². The average Bonchev–Trinajstić information content (AvgIpc) is 1.78. The monoisotopic (exact) mass is 178 g/mol. The Kier molecular flexibility index (Phi) is 5.74. The molecule has 2 heteroatoms. The largest absolute Gasteiger partial charge is 0.168 e. The number of thioether (sulfide) groups is 1. The zero-order chi connectivity index (χ0) is 8.04. The van der Waals surface area contributed by atoms with E-state index in [2.05, 4.69) is 33.4 Å². The molecule has 0 aromatic heterocycles. The van der Waals surface area contributed by atoms with Crippen molar-refractivity contribution in [2.24, 2.45) is 5.41 Å². The summed E-state index contributed by atoms with van der Waals surface area (Å²) in [6.07, 6.45) is 2.66. The summed E-state index contributed by atoms with van der Waals surface area (Å²) < 4.78 is 0. The Bertz CT molecular complexity index is 73.8. The highest BCUT2D eigenvalue weighted by molar-refractivity contribution is 8.09. The van der Waals surface area contributed by atoms with Crippen LogP contribution < -0.4 is 0 Å². The molecule has 0 aliphatic rings. The van der Waals surface area contributed by atoms with Crippen LogP contribution in [0.1, 0.15) is 33.6 Å². The van der Waals surface area contributed by atoms with Gasteiger partial charge in [-0.25, -0.2) is 0 Å². The van der Waals surface area contributed by atoms with Crippen LogP contribution in [-0.4, -0.2) is 10.8 Å². The molecule has 0 amide bonds. The summed E-state index contributed by atoms with van der Waals surface area (Å²) >= 11 is 6.04. The summed E-state index contributed by atoms with van der Waals surface area (Å²) in [4.78, 5) is 0. The van der Waals surface area contributed by atoms with Gasteiger partial charge in [0.25, 0.3) is 0 Å². The SMILES string of the molecule is CC(C)(C)CCCSCS. The first-order chi connectivity index (χ1) is 4.56. The highest BCUT2D eigenvalue weighted by atomic mass is 32.2. The van der Waals surface area contributed by atoms with E-state index >= 15 is 0 Å². The zero-order valence-electron chi connectivity index (χ0n) is 7.18. The Morgan fingerprint density at radius 1 is 1.30 bits per heavy atom. The second-order valence-corrected chi connectivity index (χ2v) is 5.55. The molecule has 0 aromatic carbocycles. The van der Waals surface area contributed by atoms with Crippen LogP contribution in [0.25, 0.3) is 0 Å². The van der Waals surface area contributed by atoms with Crippen LogP contribution in [0.2, 0.25) is 0 Å². The van der Waals surface area contributed by atoms with Crippen molar-refractivity contribution in [1.29, 1.82) is 0 Å². The molecule has 0 N–H and O–H groups in total. The molecule has 10 heavy (non-hydrogen) atoms. The van der Waals surface area contributed by atoms with Crippen molar-refractivity contribution < 1.29 is 0 Å². The Hall–Kier alpha value is 0.700. The first-order valence-electron chi connectivity index (χ1n) is 3.75. The maximum atomic E-state index is 4.13. The second kappa shape index (κ2) is 5.36. The van der Waals surface area contributed by atoms with E-state index in [1.807, 2.05) is 11.8 Å². The molecule has 0 aliphatic carbocycles. The smallest absolute Gasteiger partial charge is 0.0361 e. The summed E-state index contributed by atoms with van der Waals surface area (Å²) in [7, 11) is 0. The van der Waals surface area contributed by atoms with E-state index in [1.165, 1.54) is 18.6 Å². The second-order valence-electron chi connectivity index (χ2n) is 3.70. The minimum Gasteiger partial charge on any atom is -0.168 e. The molecule has 0 heterocycles. The summed E-state index contributed by atoms with van der Waals surface area (Å²) in [6, 6.07) is 0. The Labute approximate surface area is 74.6 Å². The molecule has 0 aliphatic heterocycles. The Morgan fingerprint density at radius 3 is 2.30 bits per heavy atom. The molecule has 0 rings (SSSR count). The highest BCUT2D eigenvalue weighted by Gasteiger charge is 2.08. The van der Waals surface area contributed by atoms with Crippen molar-refractivity contribution >= 4 is 24.4 Å². The standard InChI is InChI=1S/C8H18S2/c1-8(2,3)5-4-6-10-7-9/h9H,4-7H2,1-3H3. The van der Waals surface area contributed by atoms with Gasteiger partial charge in [-0.15, -0.1) is 0 Å². The molecule has 62 valence electrons. The fourth-order valence-corrected chi connectivity index (χ4v) is 1.63. The fourth-order valence-electron chi connectivity index (χ4n) is 0.769. The van der Waals surface area contributed by atoms with Gasteiger partial charge in [-0.2, -0.15) is 24.4 Å². The lowest BCUT2D eigenvalue weighted by molar-refractivity contribution is 0.375. The van der Waals surface area contributed by atoms with Gasteiger partial charge in [-0.3, -0.25) is 0 Å². The van der Waals surface area contributed by atoms with Gasteiger partial charge >= 0.3 is 0 Å². The van der Waals surface area contributed by atoms with E-state index in [0.29, 0.717) is 5.41 Å². The molecule has 0 spiro atoms. The lowest BCUT2D eigenvalue weighted by atomic mass is 9.91. The summed E-state index contributed by atoms with van der Waals surface area (Å²) in [5.41, 5.74) is 0.511. The predicted molar refractivity (Wildman–Crippen MR) is 55.0 cm³/mol. The number of hydrogen-bond acceptors (Lipinski definition) is 2. The molecule has 0 aromatic rings. The van der Waals surface area contributed by atoms with Gasteiger partial charge < -0.3 is 0 Å². The van der Waals surface area contributed by atoms with Crippen molar-refractivity contribution in [3.8, 4) is 0 Å². The van der Waals surface area contributed by atoms with E-state index in [0.717, 1.165) is 5.08 Å². The summed E-state index contributed by atoms with van der Waals surface area (Å²) in [6.45, 7) is 6.87. The number of thiol groups is 1. The first kappa shape index (κ1) is 10.7. The zero-order valence-corrected chi connectivity index (χ0v) is 8.89. The highest BCUT2D eigenvalue weighted by Crippen LogP contribution is 2.21. The van der Waals surface area contributed by atoms with Crippen LogP contribution in [0.3, 0.4) is 0 Å². The normalized spacial score (nSPS) is 12.0. The fraction of sp³-hybridized carbons (Fsp3) is 1.00. The molecule has 0 nitrogen and oxygen atoms in total. The third-order valence-electron chi connectivity index (χ3n) is 1.31. The third kappa shape index (κ3) is 8.70. The van der Waals surface area contributed by atoms with E-state index < -0.39 is 0 Å². The Morgan fingerprint density at radius 2 is 1.90 bits per heavy atom. The molecular formula is C8H18S2. The lowest BCUT2D eigenvalue weighted by Gasteiger charge is -2.16. The van der Waals surface area contributed by atoms with Gasteiger partial charge in [0, 0.05) is 5.08 Å². The summed E-state index contributed by atoms with van der Waals surface area (Å²) in [5.74, 6) is 1.26. The minimum absolute atomic E-state index is 0.511. The molecule has 0 saturated heterocycles. The van der Waals surface area contributed by atoms with Crippen molar-refractivity contribution in [3.63, 3.8) is 0 Å². The molecule has 0 fully saturated rings. The predicted octanol–water partition coefficient (Wildman–Crippen LogP) is 3.43. The van der Waals surface area contributed by atoms with Crippen LogP contribution >= 0.6 is 24.4 Å². The van der Waals surface area contributed by atoms with Gasteiger partial charge in [0.2, 0.25) is 0 Å². The maximum Gasteiger partial charge on any atom is 0.0361 e. The van der Waals surface area contributed by atoms with Gasteiger partial charge in [0.1, 0.15) is 0 Å². The van der Waals surface area contributed by atoms with Crippen LogP contribution in [0.4, 0.5) is 0 Å². The molecular weight excluding hydrogens is 160 g/mol. The average molecular weight is 178 g/mol. The van der Waals surface area contributed by atoms with Crippen molar-refractivity contribution in [1.82, 2.24) is 0 Å². The van der Waals surface area contributed by atoms with Crippen molar-refractivity contribution in [3.05, 3.63) is 0 Å². The number of hydrogen-bond donors (Lipinski definition) is 1. The van der Waals surface area contributed by atoms with E-state index in [9.17, 15) is 0 Å². The van der Waals surface area contributed by atoms with Gasteiger partial charge in [0.05, 0.1) is 0 Å². The van der Waals surface area contributed by atoms with Gasteiger partial charge in [-0.05, 0) is 24.0 Å². The van der Waals surface area contributed by atoms with Gasteiger partial charge in [0.15, 0.2) is 0 Å². The Balaban J connectivity index is 3.04. The minimum atomic E-state index is 0.511. The van der Waals surface area contributed by atoms with Crippen LogP contribution in [-0.2, 0) is 0 Å². The maximum absolute atomic E-state index is 4.13. The molecule has 0 bridgehead atoms. The first-order valence-corrected chi connectivity index (χ1v) is 5.53. The molecule has 0 saturated carbocycles. The molecule has 0 radical (unpaired) electrons. The number of rotatable bonds is 4. The quantitative estimate of drug-likeness (QED) is 0.391. The van der Waals surface area contributed by atoms with E-state index in [-0.39, 0.29) is 0 Å². The van der Waals surface area contributed by atoms with Crippen LogP contribution in [0.15, 0.2) is 0 Å². The lowest BCUT2D eigenvalue weighted by Crippen LogP contribution is -2.04. The van der Waals surface area contributed by atoms with Crippen LogP contribution in [0, 0.1) is 5.41 Å². The molecule has 0 unspecified atom stereocenters. The van der Waals surface area contributed by atoms with E-state index in [4.69, 9.17) is 0 Å². The van der Waals surface area contributed by atoms with E-state index in [1.54, 1.807) is 0 Å². The topological polar surface area (TPSA) is 0 Å². The summed E-state index contributed by atoms with van der Waals surface area (Å²) in [5, 5.41) is 0.962.